The van der Waals surface area contributed by atoms with E-state index in [1.165, 1.54) is 8.61 Å². The largest absolute Gasteiger partial charge is 0.355 e. The first-order valence-electron chi connectivity index (χ1n) is 6.97. The smallest absolute Gasteiger partial charge is 0.282 e. The van der Waals surface area contributed by atoms with Gasteiger partial charge in [0.15, 0.2) is 0 Å². The van der Waals surface area contributed by atoms with Crippen LogP contribution in [0.2, 0.25) is 0 Å². The fourth-order valence-electron chi connectivity index (χ4n) is 2.36. The first kappa shape index (κ1) is 15.9. The average molecular weight is 311 g/mol. The maximum absolute atomic E-state index is 12.3. The Morgan fingerprint density at radius 2 is 1.81 bits per heavy atom. The standard InChI is InChI=1S/C14H21N3O3S/c1-15-14(18)13-7-5-12(6-8-13)11-16(2)21(19,20)17-9-3-4-10-17/h5-8H,3-4,9-11H2,1-2H3,(H,15,18). The number of benzene rings is 1. The molecular weight excluding hydrogens is 290 g/mol. The third-order valence-corrected chi connectivity index (χ3v) is 5.57. The molecule has 116 valence electrons. The van der Waals surface area contributed by atoms with Gasteiger partial charge in [0.1, 0.15) is 0 Å². The van der Waals surface area contributed by atoms with E-state index in [-0.39, 0.29) is 5.91 Å². The highest BCUT2D eigenvalue weighted by atomic mass is 32.2. The Bertz CT molecular complexity index is 592. The summed E-state index contributed by atoms with van der Waals surface area (Å²) in [5.41, 5.74) is 1.42. The lowest BCUT2D eigenvalue weighted by Crippen LogP contribution is -2.39. The fourth-order valence-corrected chi connectivity index (χ4v) is 3.79. The van der Waals surface area contributed by atoms with Crippen LogP contribution in [0.15, 0.2) is 24.3 Å². The van der Waals surface area contributed by atoms with E-state index in [1.807, 2.05) is 0 Å². The summed E-state index contributed by atoms with van der Waals surface area (Å²) in [4.78, 5) is 11.5. The fraction of sp³-hybridized carbons (Fsp3) is 0.500. The zero-order chi connectivity index (χ0) is 15.5. The molecule has 2 rings (SSSR count). The van der Waals surface area contributed by atoms with Crippen LogP contribution in [-0.4, -0.2) is 50.1 Å². The SMILES string of the molecule is CNC(=O)c1ccc(CN(C)S(=O)(=O)N2CCCC2)cc1. The number of carbonyl (C=O) groups is 1. The van der Waals surface area contributed by atoms with E-state index in [1.54, 1.807) is 38.4 Å². The molecule has 0 saturated carbocycles. The van der Waals surface area contributed by atoms with Gasteiger partial charge in [-0.25, -0.2) is 0 Å². The molecule has 6 nitrogen and oxygen atoms in total. The predicted octanol–water partition coefficient (Wildman–Crippen LogP) is 0.819. The van der Waals surface area contributed by atoms with Gasteiger partial charge in [0.05, 0.1) is 0 Å². The quantitative estimate of drug-likeness (QED) is 0.875. The molecule has 1 amide bonds. The van der Waals surface area contributed by atoms with Crippen molar-refractivity contribution >= 4 is 16.1 Å². The minimum atomic E-state index is -3.38. The molecule has 1 fully saturated rings. The number of hydrogen-bond donors (Lipinski definition) is 1. The lowest BCUT2D eigenvalue weighted by molar-refractivity contribution is 0.0963. The van der Waals surface area contributed by atoms with Crippen LogP contribution >= 0.6 is 0 Å². The molecule has 1 aromatic carbocycles. The number of amides is 1. The normalized spacial score (nSPS) is 16.3. The van der Waals surface area contributed by atoms with Gasteiger partial charge in [-0.3, -0.25) is 4.79 Å². The van der Waals surface area contributed by atoms with Crippen LogP contribution in [-0.2, 0) is 16.8 Å². The molecular formula is C14H21N3O3S. The summed E-state index contributed by atoms with van der Waals surface area (Å²) in [6.45, 7) is 1.50. The highest BCUT2D eigenvalue weighted by molar-refractivity contribution is 7.86. The van der Waals surface area contributed by atoms with Crippen molar-refractivity contribution in [2.75, 3.05) is 27.2 Å². The van der Waals surface area contributed by atoms with E-state index in [9.17, 15) is 13.2 Å². The Hall–Kier alpha value is -1.44. The predicted molar refractivity (Wildman–Crippen MR) is 81.0 cm³/mol. The van der Waals surface area contributed by atoms with Crippen molar-refractivity contribution < 1.29 is 13.2 Å². The minimum Gasteiger partial charge on any atom is -0.355 e. The first-order valence-corrected chi connectivity index (χ1v) is 8.37. The Balaban J connectivity index is 2.05. The van der Waals surface area contributed by atoms with E-state index in [0.717, 1.165) is 18.4 Å². The summed E-state index contributed by atoms with van der Waals surface area (Å²) in [5, 5.41) is 2.55. The molecule has 1 N–H and O–H groups in total. The molecule has 0 aromatic heterocycles. The van der Waals surface area contributed by atoms with Crippen LogP contribution in [0, 0.1) is 0 Å². The lowest BCUT2D eigenvalue weighted by atomic mass is 10.1. The van der Waals surface area contributed by atoms with E-state index < -0.39 is 10.2 Å². The molecule has 1 aliphatic heterocycles. The summed E-state index contributed by atoms with van der Waals surface area (Å²) < 4.78 is 27.6. The van der Waals surface area contributed by atoms with E-state index >= 15 is 0 Å². The second-order valence-corrected chi connectivity index (χ2v) is 7.18. The second kappa shape index (κ2) is 6.55. The van der Waals surface area contributed by atoms with Crippen molar-refractivity contribution in [3.8, 4) is 0 Å². The number of carbonyl (C=O) groups excluding carboxylic acids is 1. The van der Waals surface area contributed by atoms with Crippen LogP contribution in [0.4, 0.5) is 0 Å². The Morgan fingerprint density at radius 3 is 2.33 bits per heavy atom. The third-order valence-electron chi connectivity index (χ3n) is 3.63. The third kappa shape index (κ3) is 3.61. The van der Waals surface area contributed by atoms with Crippen molar-refractivity contribution in [3.05, 3.63) is 35.4 Å². The first-order chi connectivity index (χ1) is 9.95. The van der Waals surface area contributed by atoms with E-state index in [4.69, 9.17) is 0 Å². The van der Waals surface area contributed by atoms with Gasteiger partial charge in [0.25, 0.3) is 16.1 Å². The summed E-state index contributed by atoms with van der Waals surface area (Å²) in [7, 11) is -0.221. The Labute approximate surface area is 125 Å². The van der Waals surface area contributed by atoms with Gasteiger partial charge in [0.2, 0.25) is 0 Å². The monoisotopic (exact) mass is 311 g/mol. The second-order valence-electron chi connectivity index (χ2n) is 5.15. The van der Waals surface area contributed by atoms with Gasteiger partial charge in [-0.1, -0.05) is 12.1 Å². The van der Waals surface area contributed by atoms with Crippen LogP contribution in [0.5, 0.6) is 0 Å². The van der Waals surface area contributed by atoms with Gasteiger partial charge >= 0.3 is 0 Å². The summed E-state index contributed by atoms with van der Waals surface area (Å²) >= 11 is 0. The molecule has 0 bridgehead atoms. The van der Waals surface area contributed by atoms with Crippen LogP contribution in [0.1, 0.15) is 28.8 Å². The summed E-state index contributed by atoms with van der Waals surface area (Å²) in [6, 6.07) is 6.95. The molecule has 1 saturated heterocycles. The molecule has 1 aliphatic rings. The minimum absolute atomic E-state index is 0.153. The van der Waals surface area contributed by atoms with Gasteiger partial charge in [-0.15, -0.1) is 0 Å². The van der Waals surface area contributed by atoms with Crippen LogP contribution in [0.3, 0.4) is 0 Å². The summed E-state index contributed by atoms with van der Waals surface area (Å²) in [6.07, 6.45) is 1.85. The van der Waals surface area contributed by atoms with Gasteiger partial charge in [-0.05, 0) is 30.5 Å². The molecule has 1 aromatic rings. The van der Waals surface area contributed by atoms with E-state index in [0.29, 0.717) is 25.2 Å². The Kier molecular flexibility index (Phi) is 4.97. The van der Waals surface area contributed by atoms with Gasteiger partial charge in [-0.2, -0.15) is 17.0 Å². The number of rotatable bonds is 5. The maximum atomic E-state index is 12.3. The maximum Gasteiger partial charge on any atom is 0.282 e. The zero-order valence-electron chi connectivity index (χ0n) is 12.4. The molecule has 7 heteroatoms. The molecule has 0 aliphatic carbocycles. The Morgan fingerprint density at radius 1 is 1.24 bits per heavy atom. The van der Waals surface area contributed by atoms with Crippen molar-refractivity contribution in [1.29, 1.82) is 0 Å². The average Bonchev–Trinajstić information content (AvgIpc) is 3.02. The van der Waals surface area contributed by atoms with Crippen LogP contribution in [0.25, 0.3) is 0 Å². The van der Waals surface area contributed by atoms with Gasteiger partial charge in [0, 0.05) is 39.3 Å². The number of nitrogens with zero attached hydrogens (tertiary/aromatic N) is 2. The van der Waals surface area contributed by atoms with Crippen LogP contribution < -0.4 is 5.32 Å². The van der Waals surface area contributed by atoms with Crippen molar-refractivity contribution in [2.45, 2.75) is 19.4 Å². The lowest BCUT2D eigenvalue weighted by Gasteiger charge is -2.23. The zero-order valence-corrected chi connectivity index (χ0v) is 13.2. The number of hydrogen-bond acceptors (Lipinski definition) is 3. The molecule has 1 heterocycles. The van der Waals surface area contributed by atoms with E-state index in [2.05, 4.69) is 5.32 Å². The van der Waals surface area contributed by atoms with Crippen molar-refractivity contribution in [1.82, 2.24) is 13.9 Å². The molecule has 21 heavy (non-hydrogen) atoms. The highest BCUT2D eigenvalue weighted by Crippen LogP contribution is 2.17. The van der Waals surface area contributed by atoms with Crippen molar-refractivity contribution in [2.24, 2.45) is 0 Å². The highest BCUT2D eigenvalue weighted by Gasteiger charge is 2.29. The molecule has 0 spiro atoms. The van der Waals surface area contributed by atoms with Gasteiger partial charge < -0.3 is 5.32 Å². The number of nitrogens with one attached hydrogen (secondary N) is 1. The topological polar surface area (TPSA) is 69.7 Å². The molecule has 0 unspecified atom stereocenters. The molecule has 0 atom stereocenters. The molecule has 0 radical (unpaired) electrons. The summed E-state index contributed by atoms with van der Waals surface area (Å²) in [5.74, 6) is -0.153. The van der Waals surface area contributed by atoms with Crippen molar-refractivity contribution in [3.63, 3.8) is 0 Å².